The van der Waals surface area contributed by atoms with Crippen molar-refractivity contribution in [3.63, 3.8) is 0 Å². The van der Waals surface area contributed by atoms with Crippen molar-refractivity contribution in [1.82, 2.24) is 0 Å². The summed E-state index contributed by atoms with van der Waals surface area (Å²) in [4.78, 5) is 30.6. The van der Waals surface area contributed by atoms with E-state index in [1.807, 2.05) is 0 Å². The van der Waals surface area contributed by atoms with E-state index >= 15 is 0 Å². The molecule has 9 heteroatoms. The molecule has 102 valence electrons. The fourth-order valence-corrected chi connectivity index (χ4v) is 1.26. The number of ether oxygens (including phenoxy) is 2. The lowest BCUT2D eigenvalue weighted by Gasteiger charge is -2.03. The summed E-state index contributed by atoms with van der Waals surface area (Å²) < 4.78 is 9.25. The summed E-state index contributed by atoms with van der Waals surface area (Å²) in [5.74, 6) is -0.611. The average Bonchev–Trinajstić information content (AvgIpc) is 2.38. The number of nitro benzene ring substituents is 2. The molecule has 0 saturated heterocycles. The number of nitro groups is 2. The van der Waals surface area contributed by atoms with Gasteiger partial charge in [0.25, 0.3) is 11.4 Å². The predicted octanol–water partition coefficient (Wildman–Crippen LogP) is 1.19. The van der Waals surface area contributed by atoms with Crippen LogP contribution in [0.4, 0.5) is 11.4 Å². The number of methoxy groups -OCH3 is 1. The lowest BCUT2D eigenvalue weighted by molar-refractivity contribution is -0.394. The fraction of sp³-hybridized carbons (Fsp3) is 0.300. The molecule has 1 rings (SSSR count). The highest BCUT2D eigenvalue weighted by atomic mass is 16.6. The zero-order valence-electron chi connectivity index (χ0n) is 9.90. The van der Waals surface area contributed by atoms with Gasteiger partial charge in [-0.3, -0.25) is 20.2 Å². The van der Waals surface area contributed by atoms with Gasteiger partial charge in [-0.05, 0) is 5.56 Å². The lowest BCUT2D eigenvalue weighted by Crippen LogP contribution is -2.10. The van der Waals surface area contributed by atoms with E-state index in [1.54, 1.807) is 0 Å². The maximum absolute atomic E-state index is 10.8. The predicted molar refractivity (Wildman–Crippen MR) is 61.4 cm³/mol. The molecule has 0 aliphatic rings. The van der Waals surface area contributed by atoms with Gasteiger partial charge < -0.3 is 9.47 Å². The highest BCUT2D eigenvalue weighted by Crippen LogP contribution is 2.23. The van der Waals surface area contributed by atoms with Crippen LogP contribution in [0.25, 0.3) is 0 Å². The molecule has 0 spiro atoms. The van der Waals surface area contributed by atoms with Gasteiger partial charge in [0.15, 0.2) is 0 Å². The summed E-state index contributed by atoms with van der Waals surface area (Å²) in [5.41, 5.74) is -0.596. The van der Waals surface area contributed by atoms with Crippen LogP contribution >= 0.6 is 0 Å². The number of nitrogens with zero attached hydrogens (tertiary/aromatic N) is 2. The molecular formula is C10H10N2O7. The van der Waals surface area contributed by atoms with Crippen LogP contribution in [0.2, 0.25) is 0 Å². The van der Waals surface area contributed by atoms with Crippen LogP contribution in [0, 0.1) is 20.2 Å². The Kier molecular flexibility index (Phi) is 4.89. The van der Waals surface area contributed by atoms with Gasteiger partial charge in [0, 0.05) is 12.1 Å². The Morgan fingerprint density at radius 3 is 2.11 bits per heavy atom. The van der Waals surface area contributed by atoms with Gasteiger partial charge in [-0.15, -0.1) is 0 Å². The van der Waals surface area contributed by atoms with Gasteiger partial charge in [-0.2, -0.15) is 0 Å². The summed E-state index contributed by atoms with van der Waals surface area (Å²) in [6.07, 6.45) is 0. The maximum atomic E-state index is 10.8. The molecule has 0 heterocycles. The molecule has 0 aromatic heterocycles. The number of rotatable bonds is 6. The first-order chi connectivity index (χ1) is 8.93. The minimum Gasteiger partial charge on any atom is -0.467 e. The summed E-state index contributed by atoms with van der Waals surface area (Å²) in [6, 6.07) is 3.14. The molecule has 0 N–H and O–H groups in total. The van der Waals surface area contributed by atoms with Crippen molar-refractivity contribution in [3.8, 4) is 0 Å². The van der Waals surface area contributed by atoms with Crippen LogP contribution in [-0.2, 0) is 20.9 Å². The van der Waals surface area contributed by atoms with Gasteiger partial charge in [0.2, 0.25) is 0 Å². The summed E-state index contributed by atoms with van der Waals surface area (Å²) in [5, 5.41) is 21.2. The van der Waals surface area contributed by atoms with Crippen molar-refractivity contribution in [2.45, 2.75) is 6.61 Å². The summed E-state index contributed by atoms with van der Waals surface area (Å²) >= 11 is 0. The van der Waals surface area contributed by atoms with E-state index in [9.17, 15) is 25.0 Å². The van der Waals surface area contributed by atoms with E-state index in [2.05, 4.69) is 4.74 Å². The highest BCUT2D eigenvalue weighted by Gasteiger charge is 2.16. The van der Waals surface area contributed by atoms with E-state index < -0.39 is 27.2 Å². The van der Waals surface area contributed by atoms with Gasteiger partial charge in [-0.25, -0.2) is 4.79 Å². The first-order valence-electron chi connectivity index (χ1n) is 5.01. The first kappa shape index (κ1) is 14.5. The van der Waals surface area contributed by atoms with Crippen molar-refractivity contribution in [1.29, 1.82) is 0 Å². The van der Waals surface area contributed by atoms with E-state index in [1.165, 1.54) is 7.11 Å². The Labute approximate surface area is 107 Å². The quantitative estimate of drug-likeness (QED) is 0.432. The van der Waals surface area contributed by atoms with Crippen LogP contribution in [0.1, 0.15) is 5.56 Å². The molecule has 0 unspecified atom stereocenters. The number of carbonyl (C=O) groups excluding carboxylic acids is 1. The van der Waals surface area contributed by atoms with Crippen LogP contribution in [0.3, 0.4) is 0 Å². The second-order valence-corrected chi connectivity index (χ2v) is 3.44. The van der Waals surface area contributed by atoms with Gasteiger partial charge in [0.1, 0.15) is 6.61 Å². The van der Waals surface area contributed by atoms with Crippen LogP contribution in [-0.4, -0.2) is 29.5 Å². The van der Waals surface area contributed by atoms with E-state index in [4.69, 9.17) is 4.74 Å². The van der Waals surface area contributed by atoms with Crippen molar-refractivity contribution in [2.75, 3.05) is 13.7 Å². The van der Waals surface area contributed by atoms with E-state index in [0.29, 0.717) is 0 Å². The number of hydrogen-bond donors (Lipinski definition) is 0. The van der Waals surface area contributed by atoms with Gasteiger partial charge in [-0.1, -0.05) is 0 Å². The molecule has 0 bridgehead atoms. The number of esters is 1. The lowest BCUT2D eigenvalue weighted by atomic mass is 10.2. The number of carbonyl (C=O) groups is 1. The molecule has 0 amide bonds. The normalized spacial score (nSPS) is 9.95. The van der Waals surface area contributed by atoms with Crippen molar-refractivity contribution in [3.05, 3.63) is 44.0 Å². The fourth-order valence-electron chi connectivity index (χ4n) is 1.26. The Morgan fingerprint density at radius 2 is 1.68 bits per heavy atom. The minimum atomic E-state index is -0.739. The molecular weight excluding hydrogens is 260 g/mol. The van der Waals surface area contributed by atoms with Crippen LogP contribution in [0.15, 0.2) is 18.2 Å². The Hall–Kier alpha value is -2.55. The Bertz CT molecular complexity index is 482. The third-order valence-corrected chi connectivity index (χ3v) is 2.10. The maximum Gasteiger partial charge on any atom is 0.331 e. The Morgan fingerprint density at radius 1 is 1.16 bits per heavy atom. The second-order valence-electron chi connectivity index (χ2n) is 3.44. The molecule has 0 aliphatic carbocycles. The zero-order chi connectivity index (χ0) is 14.4. The second kappa shape index (κ2) is 6.40. The van der Waals surface area contributed by atoms with Crippen LogP contribution in [0.5, 0.6) is 0 Å². The van der Waals surface area contributed by atoms with Crippen molar-refractivity contribution >= 4 is 17.3 Å². The topological polar surface area (TPSA) is 122 Å². The minimum absolute atomic E-state index is 0.169. The monoisotopic (exact) mass is 270 g/mol. The largest absolute Gasteiger partial charge is 0.467 e. The first-order valence-corrected chi connectivity index (χ1v) is 5.01. The standard InChI is InChI=1S/C10H10N2O7/c1-18-10(13)6-19-5-7-2-8(11(14)15)4-9(3-7)12(16)17/h2-4H,5-6H2,1H3. The molecule has 0 fully saturated rings. The summed E-state index contributed by atoms with van der Waals surface area (Å²) in [6.45, 7) is -0.509. The van der Waals surface area contributed by atoms with Gasteiger partial charge >= 0.3 is 5.97 Å². The van der Waals surface area contributed by atoms with Crippen LogP contribution < -0.4 is 0 Å². The molecule has 1 aromatic rings. The number of non-ortho nitro benzene ring substituents is 2. The smallest absolute Gasteiger partial charge is 0.331 e. The summed E-state index contributed by atoms with van der Waals surface area (Å²) in [7, 11) is 1.18. The third kappa shape index (κ3) is 4.32. The molecule has 0 saturated carbocycles. The zero-order valence-corrected chi connectivity index (χ0v) is 9.90. The Balaban J connectivity index is 2.85. The molecule has 0 atom stereocenters. The molecule has 1 aromatic carbocycles. The molecule has 0 aliphatic heterocycles. The van der Waals surface area contributed by atoms with Crippen molar-refractivity contribution in [2.24, 2.45) is 0 Å². The van der Waals surface area contributed by atoms with Gasteiger partial charge in [0.05, 0.1) is 29.6 Å². The number of hydrogen-bond acceptors (Lipinski definition) is 7. The molecule has 0 radical (unpaired) electrons. The SMILES string of the molecule is COC(=O)COCc1cc([N+](=O)[O-])cc([N+](=O)[O-])c1. The van der Waals surface area contributed by atoms with Crippen molar-refractivity contribution < 1.29 is 24.1 Å². The average molecular weight is 270 g/mol. The van der Waals surface area contributed by atoms with E-state index in [-0.39, 0.29) is 18.8 Å². The molecule has 9 nitrogen and oxygen atoms in total. The number of benzene rings is 1. The van der Waals surface area contributed by atoms with E-state index in [0.717, 1.165) is 18.2 Å². The molecule has 19 heavy (non-hydrogen) atoms. The third-order valence-electron chi connectivity index (χ3n) is 2.10. The highest BCUT2D eigenvalue weighted by molar-refractivity contribution is 5.70.